The van der Waals surface area contributed by atoms with Gasteiger partial charge in [-0.1, -0.05) is 6.92 Å². The maximum atomic E-state index is 11.1. The standard InChI is InChI=1S/C10H14N2O4S/c1-5-8(15)6(4-13)16-9(5)12-3-2-7(14)11-10(12)17/h2-3,5-6,8-9,13,15H,4H2,1H3,(H,11,14,17)/t5?,6-,8-,9-/m1/s1. The molecule has 0 spiro atoms. The maximum absolute atomic E-state index is 11.1. The summed E-state index contributed by atoms with van der Waals surface area (Å²) in [4.78, 5) is 13.5. The summed E-state index contributed by atoms with van der Waals surface area (Å²) in [6, 6.07) is 1.34. The molecule has 6 nitrogen and oxygen atoms in total. The minimum absolute atomic E-state index is 0.218. The molecule has 0 aromatic carbocycles. The number of nitrogens with zero attached hydrogens (tertiary/aromatic N) is 1. The summed E-state index contributed by atoms with van der Waals surface area (Å²) in [6.45, 7) is 1.55. The van der Waals surface area contributed by atoms with E-state index in [1.54, 1.807) is 11.5 Å². The number of ether oxygens (including phenoxy) is 1. The van der Waals surface area contributed by atoms with Gasteiger partial charge in [0.1, 0.15) is 12.3 Å². The highest BCUT2D eigenvalue weighted by Crippen LogP contribution is 2.33. The van der Waals surface area contributed by atoms with Gasteiger partial charge in [0.2, 0.25) is 0 Å². The van der Waals surface area contributed by atoms with E-state index in [1.165, 1.54) is 12.3 Å². The zero-order valence-corrected chi connectivity index (χ0v) is 10.1. The molecule has 0 radical (unpaired) electrons. The zero-order valence-electron chi connectivity index (χ0n) is 9.24. The molecule has 1 aliphatic heterocycles. The van der Waals surface area contributed by atoms with Gasteiger partial charge in [0.15, 0.2) is 4.77 Å². The van der Waals surface area contributed by atoms with Crippen LogP contribution in [0, 0.1) is 10.7 Å². The SMILES string of the molecule is CC1[C@@H](O)[C@@H](CO)O[C@H]1n1ccc(=O)[nH]c1=S. The molecule has 0 amide bonds. The lowest BCUT2D eigenvalue weighted by Crippen LogP contribution is -2.28. The predicted molar refractivity (Wildman–Crippen MR) is 62.1 cm³/mol. The molecule has 1 unspecified atom stereocenters. The van der Waals surface area contributed by atoms with Gasteiger partial charge in [-0.25, -0.2) is 0 Å². The fraction of sp³-hybridized carbons (Fsp3) is 0.600. The Balaban J connectivity index is 2.35. The average Bonchev–Trinajstić information content (AvgIpc) is 2.57. The van der Waals surface area contributed by atoms with Crippen LogP contribution in [0.2, 0.25) is 0 Å². The van der Waals surface area contributed by atoms with Crippen LogP contribution in [0.1, 0.15) is 13.2 Å². The van der Waals surface area contributed by atoms with Gasteiger partial charge >= 0.3 is 0 Å². The molecule has 0 bridgehead atoms. The molecular formula is C10H14N2O4S. The van der Waals surface area contributed by atoms with Gasteiger partial charge in [0, 0.05) is 18.2 Å². The predicted octanol–water partition coefficient (Wildman–Crippen LogP) is -0.207. The van der Waals surface area contributed by atoms with Crippen molar-refractivity contribution in [1.82, 2.24) is 9.55 Å². The Bertz CT molecular complexity index is 512. The fourth-order valence-electron chi connectivity index (χ4n) is 1.99. The van der Waals surface area contributed by atoms with Crippen molar-refractivity contribution in [2.45, 2.75) is 25.4 Å². The third-order valence-electron chi connectivity index (χ3n) is 2.99. The number of hydrogen-bond acceptors (Lipinski definition) is 5. The molecule has 3 N–H and O–H groups in total. The third kappa shape index (κ3) is 2.19. The Labute approximate surface area is 102 Å². The molecule has 1 aromatic rings. The Morgan fingerprint density at radius 2 is 2.35 bits per heavy atom. The molecule has 1 saturated heterocycles. The molecule has 7 heteroatoms. The summed E-state index contributed by atoms with van der Waals surface area (Å²) in [5.74, 6) is -0.218. The summed E-state index contributed by atoms with van der Waals surface area (Å²) >= 11 is 5.03. The largest absolute Gasteiger partial charge is 0.394 e. The van der Waals surface area contributed by atoms with E-state index in [9.17, 15) is 9.90 Å². The Morgan fingerprint density at radius 1 is 1.65 bits per heavy atom. The average molecular weight is 258 g/mol. The van der Waals surface area contributed by atoms with Gasteiger partial charge < -0.3 is 14.9 Å². The second kappa shape index (κ2) is 4.69. The minimum atomic E-state index is -0.751. The van der Waals surface area contributed by atoms with Gasteiger partial charge in [-0.3, -0.25) is 14.3 Å². The van der Waals surface area contributed by atoms with Crippen LogP contribution in [0.15, 0.2) is 17.1 Å². The first-order chi connectivity index (χ1) is 8.04. The Morgan fingerprint density at radius 3 is 2.88 bits per heavy atom. The van der Waals surface area contributed by atoms with Crippen LogP contribution >= 0.6 is 12.2 Å². The number of H-pyrrole nitrogens is 1. The summed E-state index contributed by atoms with van der Waals surface area (Å²) < 4.78 is 7.32. The van der Waals surface area contributed by atoms with E-state index in [0.717, 1.165) is 0 Å². The quantitative estimate of drug-likeness (QED) is 0.639. The van der Waals surface area contributed by atoms with Crippen LogP contribution < -0.4 is 5.56 Å². The second-order valence-electron chi connectivity index (χ2n) is 4.11. The van der Waals surface area contributed by atoms with Gasteiger partial charge in [0.05, 0.1) is 12.7 Å². The molecule has 0 saturated carbocycles. The van der Waals surface area contributed by atoms with Gasteiger partial charge in [0.25, 0.3) is 5.56 Å². The molecule has 4 atom stereocenters. The number of aromatic amines is 1. The first-order valence-electron chi connectivity index (χ1n) is 5.30. The van der Waals surface area contributed by atoms with Crippen LogP contribution in [-0.4, -0.2) is 38.6 Å². The molecule has 17 heavy (non-hydrogen) atoms. The molecule has 94 valence electrons. The number of hydrogen-bond donors (Lipinski definition) is 3. The van der Waals surface area contributed by atoms with Crippen molar-refractivity contribution in [2.75, 3.05) is 6.61 Å². The van der Waals surface area contributed by atoms with E-state index in [0.29, 0.717) is 0 Å². The molecule has 1 aliphatic rings. The lowest BCUT2D eigenvalue weighted by atomic mass is 10.0. The lowest BCUT2D eigenvalue weighted by Gasteiger charge is -2.18. The number of rotatable bonds is 2. The summed E-state index contributed by atoms with van der Waals surface area (Å²) in [5.41, 5.74) is -0.281. The number of aliphatic hydroxyl groups is 2. The monoisotopic (exact) mass is 258 g/mol. The molecular weight excluding hydrogens is 244 g/mol. The van der Waals surface area contributed by atoms with Crippen LogP contribution in [0.4, 0.5) is 0 Å². The highest BCUT2D eigenvalue weighted by Gasteiger charge is 2.41. The van der Waals surface area contributed by atoms with Crippen LogP contribution in [0.5, 0.6) is 0 Å². The Kier molecular flexibility index (Phi) is 3.43. The summed E-state index contributed by atoms with van der Waals surface area (Å²) in [6.07, 6.45) is -0.330. The first kappa shape index (κ1) is 12.4. The zero-order chi connectivity index (χ0) is 12.6. The van der Waals surface area contributed by atoms with Crippen LogP contribution in [-0.2, 0) is 4.74 Å². The highest BCUT2D eigenvalue weighted by atomic mass is 32.1. The number of aliphatic hydroxyl groups excluding tert-OH is 2. The normalized spacial score (nSPS) is 32.9. The van der Waals surface area contributed by atoms with E-state index in [1.807, 2.05) is 0 Å². The van der Waals surface area contributed by atoms with Crippen LogP contribution in [0.25, 0.3) is 0 Å². The highest BCUT2D eigenvalue weighted by molar-refractivity contribution is 7.71. The first-order valence-corrected chi connectivity index (χ1v) is 5.71. The van der Waals surface area contributed by atoms with E-state index in [4.69, 9.17) is 22.1 Å². The van der Waals surface area contributed by atoms with Crippen molar-refractivity contribution < 1.29 is 14.9 Å². The van der Waals surface area contributed by atoms with Gasteiger partial charge in [-0.2, -0.15) is 0 Å². The van der Waals surface area contributed by atoms with E-state index in [-0.39, 0.29) is 22.9 Å². The third-order valence-corrected chi connectivity index (χ3v) is 3.30. The van der Waals surface area contributed by atoms with E-state index >= 15 is 0 Å². The smallest absolute Gasteiger partial charge is 0.251 e. The maximum Gasteiger partial charge on any atom is 0.251 e. The lowest BCUT2D eigenvalue weighted by molar-refractivity contribution is -0.0470. The Hall–Kier alpha value is -1.02. The molecule has 1 aromatic heterocycles. The minimum Gasteiger partial charge on any atom is -0.394 e. The molecule has 0 aliphatic carbocycles. The molecule has 2 rings (SSSR count). The second-order valence-corrected chi connectivity index (χ2v) is 4.50. The van der Waals surface area contributed by atoms with Crippen molar-refractivity contribution in [3.8, 4) is 0 Å². The summed E-state index contributed by atoms with van der Waals surface area (Å²) in [7, 11) is 0. The number of aromatic nitrogens is 2. The van der Waals surface area contributed by atoms with Gasteiger partial charge in [-0.05, 0) is 12.2 Å². The van der Waals surface area contributed by atoms with E-state index < -0.39 is 18.4 Å². The fourth-order valence-corrected chi connectivity index (χ4v) is 2.25. The van der Waals surface area contributed by atoms with Gasteiger partial charge in [-0.15, -0.1) is 0 Å². The van der Waals surface area contributed by atoms with Crippen molar-refractivity contribution in [3.05, 3.63) is 27.4 Å². The summed E-state index contributed by atoms with van der Waals surface area (Å²) in [5, 5.41) is 18.9. The van der Waals surface area contributed by atoms with Crippen LogP contribution in [0.3, 0.4) is 0 Å². The van der Waals surface area contributed by atoms with Crippen molar-refractivity contribution in [1.29, 1.82) is 0 Å². The van der Waals surface area contributed by atoms with Crippen molar-refractivity contribution >= 4 is 12.2 Å². The number of nitrogens with one attached hydrogen (secondary N) is 1. The van der Waals surface area contributed by atoms with E-state index in [2.05, 4.69) is 4.98 Å². The molecule has 2 heterocycles. The topological polar surface area (TPSA) is 87.5 Å². The molecule has 1 fully saturated rings. The van der Waals surface area contributed by atoms with Crippen molar-refractivity contribution in [2.24, 2.45) is 5.92 Å². The van der Waals surface area contributed by atoms with Crippen molar-refractivity contribution in [3.63, 3.8) is 0 Å².